The van der Waals surface area contributed by atoms with E-state index in [4.69, 9.17) is 34.8 Å². The fourth-order valence-electron chi connectivity index (χ4n) is 10.2. The van der Waals surface area contributed by atoms with E-state index in [1.165, 1.54) is 187 Å². The van der Waals surface area contributed by atoms with E-state index in [9.17, 15) is 0 Å². The first-order valence-corrected chi connectivity index (χ1v) is 27.0. The maximum Gasteiger partial charge on any atom is 0.104 e. The van der Waals surface area contributed by atoms with Gasteiger partial charge in [-0.25, -0.2) is 0 Å². The third-order valence-electron chi connectivity index (χ3n) is 14.3. The van der Waals surface area contributed by atoms with Gasteiger partial charge in [0.05, 0.1) is 26.8 Å². The summed E-state index contributed by atoms with van der Waals surface area (Å²) in [6, 6.07) is 29.6. The lowest BCUT2D eigenvalue weighted by Gasteiger charge is -2.44. The van der Waals surface area contributed by atoms with Gasteiger partial charge in [0.15, 0.2) is 0 Å². The maximum absolute atomic E-state index is 7.39. The van der Waals surface area contributed by atoms with Crippen LogP contribution < -0.4 is 16.4 Å². The molecule has 0 saturated carbocycles. The van der Waals surface area contributed by atoms with E-state index in [0.29, 0.717) is 0 Å². The first-order chi connectivity index (χ1) is 30.5. The van der Waals surface area contributed by atoms with Crippen molar-refractivity contribution in [3.05, 3.63) is 122 Å². The van der Waals surface area contributed by atoms with E-state index in [1.807, 2.05) is 0 Å². The predicted octanol–water partition coefficient (Wildman–Crippen LogP) is 17.3. The summed E-state index contributed by atoms with van der Waals surface area (Å²) in [7, 11) is 4.80. The van der Waals surface area contributed by atoms with E-state index < -0.39 is 6.15 Å². The van der Waals surface area contributed by atoms with E-state index in [1.54, 1.807) is 0 Å². The van der Waals surface area contributed by atoms with Gasteiger partial charge in [-0.3, -0.25) is 0 Å². The maximum atomic E-state index is 7.39. The molecule has 0 unspecified atom stereocenters. The molecule has 63 heavy (non-hydrogen) atoms. The van der Waals surface area contributed by atoms with Crippen molar-refractivity contribution in [3.63, 3.8) is 0 Å². The second-order valence-corrected chi connectivity index (χ2v) is 21.5. The van der Waals surface area contributed by atoms with Gasteiger partial charge in [0.25, 0.3) is 0 Å². The number of halogens is 3. The number of rotatable bonds is 33. The Morgan fingerprint density at radius 1 is 0.429 bits per heavy atom. The van der Waals surface area contributed by atoms with Gasteiger partial charge >= 0.3 is 0 Å². The predicted molar refractivity (Wildman–Crippen MR) is 285 cm³/mol. The monoisotopic (exact) mass is 914 g/mol. The highest BCUT2D eigenvalue weighted by molar-refractivity contribution is 7.11. The molecule has 0 bridgehead atoms. The summed E-state index contributed by atoms with van der Waals surface area (Å²) in [6.45, 7) is 11.0. The molecule has 0 saturated heterocycles. The van der Waals surface area contributed by atoms with Gasteiger partial charge in [-0.05, 0) is 61.4 Å². The summed E-state index contributed by atoms with van der Waals surface area (Å²) in [5.74, 6) is 0. The Labute approximate surface area is 403 Å². The van der Waals surface area contributed by atoms with Crippen LogP contribution in [0.2, 0.25) is 21.4 Å². The average molecular weight is 916 g/mol. The van der Waals surface area contributed by atoms with Crippen LogP contribution in [0.3, 0.4) is 0 Å². The Kier molecular flexibility index (Phi) is 24.9. The molecule has 0 N–H and O–H groups in total. The largest absolute Gasteiger partial charge is 0.325 e. The van der Waals surface area contributed by atoms with Crippen molar-refractivity contribution in [2.75, 3.05) is 20.6 Å². The summed E-state index contributed by atoms with van der Waals surface area (Å²) < 4.78 is 1.02. The minimum Gasteiger partial charge on any atom is -0.325 e. The van der Waals surface area contributed by atoms with Crippen molar-refractivity contribution in [2.45, 2.75) is 201 Å². The number of hydrogen-bond donors (Lipinski definition) is 0. The molecule has 1 nitrogen and oxygen atoms in total. The van der Waals surface area contributed by atoms with Gasteiger partial charge in [-0.1, -0.05) is 263 Å². The Morgan fingerprint density at radius 2 is 0.825 bits per heavy atom. The average Bonchev–Trinajstić information content (AvgIpc) is 3.26. The van der Waals surface area contributed by atoms with Crippen LogP contribution >= 0.6 is 34.8 Å². The molecule has 4 aromatic rings. The molecule has 0 aliphatic heterocycles. The smallest absolute Gasteiger partial charge is 0.104 e. The quantitative estimate of drug-likeness (QED) is 0.0254. The van der Waals surface area contributed by atoms with Crippen molar-refractivity contribution in [1.29, 1.82) is 0 Å². The van der Waals surface area contributed by atoms with Crippen molar-refractivity contribution < 1.29 is 4.48 Å². The lowest BCUT2D eigenvalue weighted by atomic mass is 9.14. The van der Waals surface area contributed by atoms with Crippen LogP contribution in [-0.2, 0) is 13.0 Å². The zero-order valence-corrected chi connectivity index (χ0v) is 43.2. The Bertz CT molecular complexity index is 1830. The first kappa shape index (κ1) is 53.4. The van der Waals surface area contributed by atoms with Gasteiger partial charge < -0.3 is 4.48 Å². The van der Waals surface area contributed by atoms with Crippen LogP contribution in [0.25, 0.3) is 0 Å². The van der Waals surface area contributed by atoms with E-state index in [-0.39, 0.29) is 0 Å². The summed E-state index contributed by atoms with van der Waals surface area (Å²) in [5.41, 5.74) is 9.85. The summed E-state index contributed by atoms with van der Waals surface area (Å²) in [6.07, 6.45) is 33.2. The molecule has 0 atom stereocenters. The van der Waals surface area contributed by atoms with Crippen LogP contribution in [0.5, 0.6) is 0 Å². The molecule has 0 aliphatic carbocycles. The van der Waals surface area contributed by atoms with E-state index >= 15 is 0 Å². The Balaban J connectivity index is 1.41. The zero-order chi connectivity index (χ0) is 45.3. The van der Waals surface area contributed by atoms with Crippen molar-refractivity contribution >= 4 is 57.3 Å². The van der Waals surface area contributed by atoms with Crippen molar-refractivity contribution in [2.24, 2.45) is 0 Å². The molecule has 0 heterocycles. The number of unbranched alkanes of at least 4 members (excludes halogenated alkanes) is 22. The minimum atomic E-state index is -1.41. The normalized spacial score (nSPS) is 12.1. The highest BCUT2D eigenvalue weighted by atomic mass is 35.5. The summed E-state index contributed by atoms with van der Waals surface area (Å²) >= 11 is 21.3. The molecule has 5 heteroatoms. The number of hydrogen-bond acceptors (Lipinski definition) is 0. The molecule has 348 valence electrons. The van der Waals surface area contributed by atoms with Crippen LogP contribution in [-0.4, -0.2) is 31.3 Å². The Morgan fingerprint density at radius 3 is 1.27 bits per heavy atom. The van der Waals surface area contributed by atoms with Crippen molar-refractivity contribution in [3.8, 4) is 0 Å². The summed E-state index contributed by atoms with van der Waals surface area (Å²) in [5, 5.41) is 2.45. The topological polar surface area (TPSA) is 0 Å². The number of quaternary nitrogens is 1. The van der Waals surface area contributed by atoms with Crippen molar-refractivity contribution in [1.82, 2.24) is 0 Å². The van der Waals surface area contributed by atoms with Crippen LogP contribution in [0.1, 0.15) is 196 Å². The number of aryl methyl sites for hydroxylation is 2. The minimum absolute atomic E-state index is 0.809. The molecule has 0 aromatic heterocycles. The molecular formula is C58H87BCl3N. The zero-order valence-electron chi connectivity index (χ0n) is 41.0. The lowest BCUT2D eigenvalue weighted by molar-refractivity contribution is -0.903. The van der Waals surface area contributed by atoms with E-state index in [2.05, 4.69) is 121 Å². The fourth-order valence-corrected chi connectivity index (χ4v) is 10.9. The highest BCUT2D eigenvalue weighted by Crippen LogP contribution is 2.27. The van der Waals surface area contributed by atoms with Gasteiger partial charge in [0.2, 0.25) is 0 Å². The third-order valence-corrected chi connectivity index (χ3v) is 15.4. The highest BCUT2D eigenvalue weighted by Gasteiger charge is 2.31. The SMILES string of the molecule is CCCCCCCCCCCCCCCC[N+](C)(C)Cc1cccc(Cc2ccc([B-](CCCCCCCCCCCC)(c3ccc(C)c(Cl)c3)c3ccc(C)c(Cl)c3)cc2Cl)c1. The third kappa shape index (κ3) is 18.5. The molecule has 0 spiro atoms. The Hall–Kier alpha value is -2.23. The lowest BCUT2D eigenvalue weighted by Crippen LogP contribution is -2.67. The molecule has 4 rings (SSSR count). The molecule has 0 aliphatic rings. The summed E-state index contributed by atoms with van der Waals surface area (Å²) in [4.78, 5) is 0. The van der Waals surface area contributed by atoms with Gasteiger partial charge in [-0.2, -0.15) is 22.7 Å². The van der Waals surface area contributed by atoms with E-state index in [0.717, 1.165) is 56.4 Å². The standard InChI is InChI=1S/C58H87BCl3N/c1-7-9-11-13-15-17-19-20-21-22-24-26-28-30-41-63(5,6)47-51-33-31-32-50(42-51)43-52-36-39-55(46-58(52)62)59(53-37-34-48(3)56(60)44-53,54-38-35-49(4)57(61)45-54)40-29-27-25-23-18-16-14-12-10-8-2/h31-39,42,44-46H,7-30,40-41,43,47H2,1-6H3. The second-order valence-electron chi connectivity index (χ2n) is 20.3. The molecule has 0 amide bonds. The van der Waals surface area contributed by atoms with Crippen LogP contribution in [0, 0.1) is 13.8 Å². The van der Waals surface area contributed by atoms with Crippen LogP contribution in [0.4, 0.5) is 0 Å². The molecule has 4 aromatic carbocycles. The molecule has 0 fully saturated rings. The molecule has 0 radical (unpaired) electrons. The number of benzene rings is 4. The van der Waals surface area contributed by atoms with Gasteiger partial charge in [0.1, 0.15) is 6.54 Å². The molecular weight excluding hydrogens is 828 g/mol. The van der Waals surface area contributed by atoms with Gasteiger partial charge in [-0.15, -0.1) is 0 Å². The van der Waals surface area contributed by atoms with Gasteiger partial charge in [0, 0.05) is 20.6 Å². The fraction of sp³-hybridized carbons (Fsp3) is 0.586. The first-order valence-electron chi connectivity index (χ1n) is 25.9. The second kappa shape index (κ2) is 29.4. The number of nitrogens with zero attached hydrogens (tertiary/aromatic N) is 1. The van der Waals surface area contributed by atoms with Crippen LogP contribution in [0.15, 0.2) is 78.9 Å².